The third-order valence-electron chi connectivity index (χ3n) is 4.60. The van der Waals surface area contributed by atoms with Gasteiger partial charge >= 0.3 is 5.97 Å². The Morgan fingerprint density at radius 3 is 2.37 bits per heavy atom. The minimum atomic E-state index is -0.593. The fourth-order valence-corrected chi connectivity index (χ4v) is 3.07. The number of hydrogen-bond acceptors (Lipinski definition) is 6. The Kier molecular flexibility index (Phi) is 7.52. The van der Waals surface area contributed by atoms with Gasteiger partial charge in [-0.05, 0) is 38.3 Å². The second kappa shape index (κ2) is 9.85. The zero-order valence-electron chi connectivity index (χ0n) is 16.3. The first-order valence-corrected chi connectivity index (χ1v) is 8.94. The second-order valence-electron chi connectivity index (χ2n) is 6.32. The first-order valence-electron chi connectivity index (χ1n) is 8.94. The van der Waals surface area contributed by atoms with Crippen LogP contribution in [0.25, 0.3) is 6.08 Å². The van der Waals surface area contributed by atoms with E-state index in [0.717, 1.165) is 25.8 Å². The molecule has 0 radical (unpaired) electrons. The number of rotatable bonds is 7. The van der Waals surface area contributed by atoms with Crippen molar-refractivity contribution in [3.8, 4) is 17.2 Å². The standard InChI is InChI=1S/C20H27NO6/c1-14-7-5-6-10-21(14)19(22)13-27-20(23)9-8-15-11-17(25-3)18(26-4)12-16(15)24-2/h8-9,11-12,14H,5-7,10,13H2,1-4H3/b9-8+/t14-/m0/s1. The van der Waals surface area contributed by atoms with E-state index in [1.807, 2.05) is 6.92 Å². The zero-order chi connectivity index (χ0) is 19.8. The molecule has 1 amide bonds. The minimum Gasteiger partial charge on any atom is -0.496 e. The van der Waals surface area contributed by atoms with Crippen LogP contribution in [0.4, 0.5) is 0 Å². The molecule has 1 aromatic rings. The molecule has 2 rings (SSSR count). The van der Waals surface area contributed by atoms with E-state index in [9.17, 15) is 9.59 Å². The summed E-state index contributed by atoms with van der Waals surface area (Å²) in [7, 11) is 4.58. The van der Waals surface area contributed by atoms with Crippen molar-refractivity contribution in [2.75, 3.05) is 34.5 Å². The van der Waals surface area contributed by atoms with E-state index in [1.165, 1.54) is 27.4 Å². The number of amides is 1. The van der Waals surface area contributed by atoms with E-state index in [1.54, 1.807) is 23.1 Å². The quantitative estimate of drug-likeness (QED) is 0.537. The minimum absolute atomic E-state index is 0.160. The molecule has 1 fully saturated rings. The summed E-state index contributed by atoms with van der Waals surface area (Å²) in [5.41, 5.74) is 0.628. The van der Waals surface area contributed by atoms with Crippen LogP contribution >= 0.6 is 0 Å². The van der Waals surface area contributed by atoms with Gasteiger partial charge in [-0.15, -0.1) is 0 Å². The Morgan fingerprint density at radius 1 is 1.07 bits per heavy atom. The van der Waals surface area contributed by atoms with Crippen molar-refractivity contribution in [1.29, 1.82) is 0 Å². The van der Waals surface area contributed by atoms with Crippen molar-refractivity contribution in [2.45, 2.75) is 32.2 Å². The van der Waals surface area contributed by atoms with Crippen LogP contribution in [-0.2, 0) is 14.3 Å². The topological polar surface area (TPSA) is 74.3 Å². The number of methoxy groups -OCH3 is 3. The molecular weight excluding hydrogens is 350 g/mol. The molecule has 7 heteroatoms. The molecule has 1 saturated heterocycles. The summed E-state index contributed by atoms with van der Waals surface area (Å²) in [6.07, 6.45) is 5.91. The number of carbonyl (C=O) groups excluding carboxylic acids is 2. The lowest BCUT2D eigenvalue weighted by molar-refractivity contribution is -0.149. The number of carbonyl (C=O) groups is 2. The van der Waals surface area contributed by atoms with Crippen molar-refractivity contribution in [3.63, 3.8) is 0 Å². The molecule has 27 heavy (non-hydrogen) atoms. The Hall–Kier alpha value is -2.70. The van der Waals surface area contributed by atoms with Gasteiger partial charge in [0.25, 0.3) is 5.91 Å². The van der Waals surface area contributed by atoms with E-state index in [2.05, 4.69) is 0 Å². The smallest absolute Gasteiger partial charge is 0.331 e. The summed E-state index contributed by atoms with van der Waals surface area (Å²) in [4.78, 5) is 26.0. The van der Waals surface area contributed by atoms with Crippen molar-refractivity contribution in [3.05, 3.63) is 23.8 Å². The predicted molar refractivity (Wildman–Crippen MR) is 101 cm³/mol. The highest BCUT2D eigenvalue weighted by atomic mass is 16.5. The Bertz CT molecular complexity index is 700. The number of piperidine rings is 1. The highest BCUT2D eigenvalue weighted by Gasteiger charge is 2.23. The molecule has 0 spiro atoms. The highest BCUT2D eigenvalue weighted by Crippen LogP contribution is 2.35. The van der Waals surface area contributed by atoms with Crippen LogP contribution < -0.4 is 14.2 Å². The van der Waals surface area contributed by atoms with Gasteiger partial charge in [-0.2, -0.15) is 0 Å². The molecule has 148 valence electrons. The Morgan fingerprint density at radius 2 is 1.74 bits per heavy atom. The van der Waals surface area contributed by atoms with Gasteiger partial charge in [0.1, 0.15) is 5.75 Å². The average molecular weight is 377 g/mol. The Labute approximate surface area is 159 Å². The van der Waals surface area contributed by atoms with Gasteiger partial charge in [0.2, 0.25) is 0 Å². The van der Waals surface area contributed by atoms with Crippen LogP contribution in [0.5, 0.6) is 17.2 Å². The van der Waals surface area contributed by atoms with E-state index >= 15 is 0 Å². The van der Waals surface area contributed by atoms with E-state index in [0.29, 0.717) is 22.8 Å². The molecule has 1 aliphatic heterocycles. The maximum atomic E-state index is 12.2. The highest BCUT2D eigenvalue weighted by molar-refractivity contribution is 5.90. The summed E-state index contributed by atoms with van der Waals surface area (Å²) in [5, 5.41) is 0. The molecular formula is C20H27NO6. The third kappa shape index (κ3) is 5.39. The van der Waals surface area contributed by atoms with E-state index in [4.69, 9.17) is 18.9 Å². The molecule has 1 aromatic carbocycles. The number of nitrogens with zero attached hydrogens (tertiary/aromatic N) is 1. The van der Waals surface area contributed by atoms with Crippen LogP contribution in [0.1, 0.15) is 31.7 Å². The monoisotopic (exact) mass is 377 g/mol. The van der Waals surface area contributed by atoms with Gasteiger partial charge in [-0.25, -0.2) is 4.79 Å². The number of esters is 1. The molecule has 0 bridgehead atoms. The lowest BCUT2D eigenvalue weighted by atomic mass is 10.0. The summed E-state index contributed by atoms with van der Waals surface area (Å²) < 4.78 is 20.9. The number of hydrogen-bond donors (Lipinski definition) is 0. The first kappa shape index (κ1) is 20.6. The van der Waals surface area contributed by atoms with Gasteiger partial charge < -0.3 is 23.8 Å². The van der Waals surface area contributed by atoms with Crippen LogP contribution in [0.3, 0.4) is 0 Å². The van der Waals surface area contributed by atoms with E-state index < -0.39 is 5.97 Å². The fourth-order valence-electron chi connectivity index (χ4n) is 3.07. The molecule has 0 saturated carbocycles. The maximum Gasteiger partial charge on any atom is 0.331 e. The van der Waals surface area contributed by atoms with Crippen LogP contribution in [0.2, 0.25) is 0 Å². The van der Waals surface area contributed by atoms with Crippen LogP contribution in [-0.4, -0.2) is 57.3 Å². The molecule has 0 aliphatic carbocycles. The molecule has 0 aromatic heterocycles. The van der Waals surface area contributed by atoms with Gasteiger partial charge in [-0.3, -0.25) is 4.79 Å². The normalized spacial score (nSPS) is 16.9. The van der Waals surface area contributed by atoms with Gasteiger partial charge in [0.15, 0.2) is 18.1 Å². The Balaban J connectivity index is 1.98. The van der Waals surface area contributed by atoms with Gasteiger partial charge in [0, 0.05) is 30.3 Å². The number of likely N-dealkylation sites (tertiary alicyclic amines) is 1. The second-order valence-corrected chi connectivity index (χ2v) is 6.32. The predicted octanol–water partition coefficient (Wildman–Crippen LogP) is 2.67. The summed E-state index contributed by atoms with van der Waals surface area (Å²) in [6.45, 7) is 2.48. The first-order chi connectivity index (χ1) is 13.0. The third-order valence-corrected chi connectivity index (χ3v) is 4.60. The van der Waals surface area contributed by atoms with E-state index in [-0.39, 0.29) is 18.6 Å². The lowest BCUT2D eigenvalue weighted by Crippen LogP contribution is -2.44. The zero-order valence-corrected chi connectivity index (χ0v) is 16.3. The molecule has 1 heterocycles. The number of ether oxygens (including phenoxy) is 4. The summed E-state index contributed by atoms with van der Waals surface area (Å²) in [5.74, 6) is 0.809. The molecule has 0 N–H and O–H groups in total. The summed E-state index contributed by atoms with van der Waals surface area (Å²) in [6, 6.07) is 3.56. The molecule has 1 atom stereocenters. The van der Waals surface area contributed by atoms with Gasteiger partial charge in [-0.1, -0.05) is 0 Å². The summed E-state index contributed by atoms with van der Waals surface area (Å²) >= 11 is 0. The fraction of sp³-hybridized carbons (Fsp3) is 0.500. The maximum absolute atomic E-state index is 12.2. The SMILES string of the molecule is COc1cc(OC)c(OC)cc1/C=C/C(=O)OCC(=O)N1CCCC[C@@H]1C. The average Bonchev–Trinajstić information content (AvgIpc) is 2.69. The van der Waals surface area contributed by atoms with Crippen LogP contribution in [0, 0.1) is 0 Å². The molecule has 0 unspecified atom stereocenters. The molecule has 7 nitrogen and oxygen atoms in total. The van der Waals surface area contributed by atoms with Crippen molar-refractivity contribution in [1.82, 2.24) is 4.90 Å². The largest absolute Gasteiger partial charge is 0.496 e. The van der Waals surface area contributed by atoms with Crippen molar-refractivity contribution in [2.24, 2.45) is 0 Å². The van der Waals surface area contributed by atoms with Crippen LogP contribution in [0.15, 0.2) is 18.2 Å². The van der Waals surface area contributed by atoms with Crippen molar-refractivity contribution < 1.29 is 28.5 Å². The lowest BCUT2D eigenvalue weighted by Gasteiger charge is -2.33. The molecule has 1 aliphatic rings. The number of benzene rings is 1. The van der Waals surface area contributed by atoms with Gasteiger partial charge in [0.05, 0.1) is 21.3 Å². The van der Waals surface area contributed by atoms with Crippen molar-refractivity contribution >= 4 is 18.0 Å².